The average Bonchev–Trinajstić information content (AvgIpc) is 2.73. The lowest BCUT2D eigenvalue weighted by Gasteiger charge is -2.36. The van der Waals surface area contributed by atoms with Crippen LogP contribution in [-0.4, -0.2) is 17.1 Å². The van der Waals surface area contributed by atoms with E-state index in [2.05, 4.69) is 15.6 Å². The number of halogens is 5. The number of urea groups is 1. The van der Waals surface area contributed by atoms with Crippen LogP contribution in [0.4, 0.5) is 22.4 Å². The van der Waals surface area contributed by atoms with Crippen LogP contribution in [0.25, 0.3) is 0 Å². The molecule has 34 heavy (non-hydrogen) atoms. The summed E-state index contributed by atoms with van der Waals surface area (Å²) in [7, 11) is 0. The number of carbonyl (C=O) groups excluding carboxylic acids is 1. The highest BCUT2D eigenvalue weighted by molar-refractivity contribution is 6.30. The van der Waals surface area contributed by atoms with Gasteiger partial charge in [-0.15, -0.1) is 0 Å². The Labute approximate surface area is 200 Å². The van der Waals surface area contributed by atoms with Crippen molar-refractivity contribution in [2.75, 3.05) is 0 Å². The molecule has 0 saturated carbocycles. The molecule has 0 spiro atoms. The summed E-state index contributed by atoms with van der Waals surface area (Å²) < 4.78 is 55.4. The maximum atomic E-state index is 14.6. The quantitative estimate of drug-likeness (QED) is 0.391. The lowest BCUT2D eigenvalue weighted by atomic mass is 9.79. The van der Waals surface area contributed by atoms with Crippen molar-refractivity contribution >= 4 is 17.6 Å². The normalized spacial score (nSPS) is 13.4. The number of nitrogens with one attached hydrogen (secondary N) is 2. The fourth-order valence-corrected chi connectivity index (χ4v) is 3.85. The molecule has 0 saturated heterocycles. The Morgan fingerprint density at radius 3 is 2.32 bits per heavy atom. The molecule has 9 heteroatoms. The first-order valence-corrected chi connectivity index (χ1v) is 10.9. The molecule has 0 unspecified atom stereocenters. The molecule has 0 aliphatic carbocycles. The predicted molar refractivity (Wildman–Crippen MR) is 123 cm³/mol. The summed E-state index contributed by atoms with van der Waals surface area (Å²) >= 11 is 6.01. The van der Waals surface area contributed by atoms with Crippen molar-refractivity contribution in [1.82, 2.24) is 15.6 Å². The number of benzene rings is 2. The molecular formula is C25H24ClF4N3O. The van der Waals surface area contributed by atoms with Gasteiger partial charge in [0.1, 0.15) is 11.4 Å². The Morgan fingerprint density at radius 2 is 1.74 bits per heavy atom. The van der Waals surface area contributed by atoms with E-state index in [1.807, 2.05) is 19.1 Å². The SMILES string of the molecule is Cc1ccccc1C[C@@](NC(=O)NC(C)C)(c1cc(F)cc(C(F)(F)F)c1)c1ccc(Cl)cn1. The summed E-state index contributed by atoms with van der Waals surface area (Å²) in [6.45, 7) is 5.33. The number of nitrogens with zero attached hydrogens (tertiary/aromatic N) is 1. The number of amides is 2. The van der Waals surface area contributed by atoms with Crippen LogP contribution in [0.5, 0.6) is 0 Å². The number of hydrogen-bond donors (Lipinski definition) is 2. The highest BCUT2D eigenvalue weighted by Crippen LogP contribution is 2.38. The summed E-state index contributed by atoms with van der Waals surface area (Å²) in [5.41, 5.74) is -1.12. The molecule has 0 aliphatic heterocycles. The van der Waals surface area contributed by atoms with Gasteiger partial charge in [0.15, 0.2) is 0 Å². The van der Waals surface area contributed by atoms with Crippen LogP contribution in [0.2, 0.25) is 5.02 Å². The largest absolute Gasteiger partial charge is 0.416 e. The first-order chi connectivity index (χ1) is 15.9. The predicted octanol–water partition coefficient (Wildman–Crippen LogP) is 6.40. The smallest absolute Gasteiger partial charge is 0.336 e. The molecule has 3 rings (SSSR count). The van der Waals surface area contributed by atoms with Crippen molar-refractivity contribution in [3.63, 3.8) is 0 Å². The first-order valence-electron chi connectivity index (χ1n) is 10.5. The van der Waals surface area contributed by atoms with E-state index in [1.165, 1.54) is 18.3 Å². The highest BCUT2D eigenvalue weighted by atomic mass is 35.5. The Kier molecular flexibility index (Phi) is 7.51. The lowest BCUT2D eigenvalue weighted by Crippen LogP contribution is -2.53. The third-order valence-electron chi connectivity index (χ3n) is 5.35. The van der Waals surface area contributed by atoms with Crippen LogP contribution >= 0.6 is 11.6 Å². The van der Waals surface area contributed by atoms with Gasteiger partial charge in [0.05, 0.1) is 16.3 Å². The summed E-state index contributed by atoms with van der Waals surface area (Å²) in [5, 5.41) is 5.80. The van der Waals surface area contributed by atoms with Crippen molar-refractivity contribution in [3.8, 4) is 0 Å². The fourth-order valence-electron chi connectivity index (χ4n) is 3.74. The van der Waals surface area contributed by atoms with Gasteiger partial charge in [0.25, 0.3) is 0 Å². The van der Waals surface area contributed by atoms with E-state index in [0.717, 1.165) is 23.3 Å². The molecule has 2 aromatic carbocycles. The second-order valence-corrected chi connectivity index (χ2v) is 8.79. The van der Waals surface area contributed by atoms with Gasteiger partial charge in [-0.1, -0.05) is 35.9 Å². The second kappa shape index (κ2) is 10.0. The summed E-state index contributed by atoms with van der Waals surface area (Å²) in [6, 6.07) is 11.6. The zero-order valence-electron chi connectivity index (χ0n) is 18.8. The maximum absolute atomic E-state index is 14.6. The lowest BCUT2D eigenvalue weighted by molar-refractivity contribution is -0.137. The zero-order valence-corrected chi connectivity index (χ0v) is 19.6. The zero-order chi connectivity index (χ0) is 25.1. The first kappa shape index (κ1) is 25.5. The van der Waals surface area contributed by atoms with E-state index in [1.54, 1.807) is 26.0 Å². The van der Waals surface area contributed by atoms with Gasteiger partial charge in [-0.25, -0.2) is 9.18 Å². The third-order valence-corrected chi connectivity index (χ3v) is 5.57. The minimum atomic E-state index is -4.79. The van der Waals surface area contributed by atoms with Gasteiger partial charge in [0, 0.05) is 18.7 Å². The number of carbonyl (C=O) groups is 1. The maximum Gasteiger partial charge on any atom is 0.416 e. The molecule has 4 nitrogen and oxygen atoms in total. The third kappa shape index (κ3) is 5.86. The van der Waals surface area contributed by atoms with Gasteiger partial charge in [-0.3, -0.25) is 4.98 Å². The average molecular weight is 494 g/mol. The standard InChI is InChI=1S/C25H24ClF4N3O/c1-15(2)32-23(34)33-24(22-9-8-20(26)14-31-22,13-17-7-5-4-6-16(17)3)18-10-19(25(28,29)30)12-21(27)11-18/h4-12,14-15H,13H2,1-3H3,(H2,32,33,34)/t24-/m1/s1. The van der Waals surface area contributed by atoms with Crippen molar-refractivity contribution in [1.29, 1.82) is 0 Å². The van der Waals surface area contributed by atoms with Crippen LogP contribution in [0.3, 0.4) is 0 Å². The van der Waals surface area contributed by atoms with Crippen molar-refractivity contribution in [2.24, 2.45) is 0 Å². The van der Waals surface area contributed by atoms with E-state index in [0.29, 0.717) is 11.1 Å². The van der Waals surface area contributed by atoms with E-state index in [9.17, 15) is 22.4 Å². The topological polar surface area (TPSA) is 54.0 Å². The van der Waals surface area contributed by atoms with E-state index in [-0.39, 0.29) is 23.7 Å². The van der Waals surface area contributed by atoms with E-state index >= 15 is 0 Å². The Balaban J connectivity index is 2.32. The minimum Gasteiger partial charge on any atom is -0.336 e. The van der Waals surface area contributed by atoms with Gasteiger partial charge >= 0.3 is 12.2 Å². The molecule has 2 N–H and O–H groups in total. The molecule has 3 aromatic rings. The number of hydrogen-bond acceptors (Lipinski definition) is 2. The Hall–Kier alpha value is -3.13. The highest BCUT2D eigenvalue weighted by Gasteiger charge is 2.41. The molecule has 0 fully saturated rings. The number of rotatable bonds is 6. The fraction of sp³-hybridized carbons (Fsp3) is 0.280. The summed E-state index contributed by atoms with van der Waals surface area (Å²) in [4.78, 5) is 17.3. The molecular weight excluding hydrogens is 470 g/mol. The van der Waals surface area contributed by atoms with Crippen LogP contribution < -0.4 is 10.6 Å². The minimum absolute atomic E-state index is 0.0145. The Morgan fingerprint density at radius 1 is 1.06 bits per heavy atom. The number of pyridine rings is 1. The molecule has 0 aliphatic rings. The van der Waals surface area contributed by atoms with Gasteiger partial charge in [-0.2, -0.15) is 13.2 Å². The van der Waals surface area contributed by atoms with Crippen LogP contribution in [-0.2, 0) is 18.1 Å². The van der Waals surface area contributed by atoms with Gasteiger partial charge < -0.3 is 10.6 Å². The van der Waals surface area contributed by atoms with Crippen molar-refractivity contribution < 1.29 is 22.4 Å². The summed E-state index contributed by atoms with van der Waals surface area (Å²) in [5.74, 6) is -1.08. The molecule has 2 amide bonds. The monoisotopic (exact) mass is 493 g/mol. The van der Waals surface area contributed by atoms with Crippen LogP contribution in [0.1, 0.15) is 41.8 Å². The van der Waals surface area contributed by atoms with Crippen LogP contribution in [0.15, 0.2) is 60.8 Å². The summed E-state index contributed by atoms with van der Waals surface area (Å²) in [6.07, 6.45) is -3.45. The second-order valence-electron chi connectivity index (χ2n) is 8.35. The van der Waals surface area contributed by atoms with E-state index < -0.39 is 29.1 Å². The molecule has 0 bridgehead atoms. The molecule has 0 radical (unpaired) electrons. The Bertz CT molecular complexity index is 1170. The number of aryl methyl sites for hydroxylation is 1. The molecule has 1 atom stereocenters. The van der Waals surface area contributed by atoms with Crippen LogP contribution in [0, 0.1) is 12.7 Å². The number of alkyl halides is 3. The van der Waals surface area contributed by atoms with Crippen molar-refractivity contribution in [3.05, 3.63) is 99.6 Å². The van der Waals surface area contributed by atoms with Crippen molar-refractivity contribution in [2.45, 2.75) is 44.9 Å². The molecule has 180 valence electrons. The van der Waals surface area contributed by atoms with Gasteiger partial charge in [0.2, 0.25) is 0 Å². The molecule has 1 heterocycles. The molecule has 1 aromatic heterocycles. The van der Waals surface area contributed by atoms with E-state index in [4.69, 9.17) is 11.6 Å². The number of aromatic nitrogens is 1. The van der Waals surface area contributed by atoms with Gasteiger partial charge in [-0.05, 0) is 67.8 Å².